The Balaban J connectivity index is 1.49. The van der Waals surface area contributed by atoms with Gasteiger partial charge in [0.2, 0.25) is 5.91 Å². The fourth-order valence-electron chi connectivity index (χ4n) is 3.46. The van der Waals surface area contributed by atoms with Crippen LogP contribution in [-0.2, 0) is 14.6 Å². The van der Waals surface area contributed by atoms with Gasteiger partial charge in [-0.3, -0.25) is 9.69 Å². The summed E-state index contributed by atoms with van der Waals surface area (Å²) in [7, 11) is -3.15. The number of carbonyl (C=O) groups excluding carboxylic acids is 1. The Kier molecular flexibility index (Phi) is 6.01. The van der Waals surface area contributed by atoms with Gasteiger partial charge in [0.15, 0.2) is 9.84 Å². The topological polar surface area (TPSA) is 69.7 Å². The van der Waals surface area contributed by atoms with E-state index in [0.717, 1.165) is 36.9 Å². The third-order valence-corrected chi connectivity index (χ3v) is 7.49. The monoisotopic (exact) mass is 419 g/mol. The van der Waals surface area contributed by atoms with Gasteiger partial charge in [-0.25, -0.2) is 8.42 Å². The maximum absolute atomic E-state index is 12.2. The molecule has 1 aromatic rings. The van der Waals surface area contributed by atoms with Crippen LogP contribution >= 0.6 is 23.2 Å². The van der Waals surface area contributed by atoms with Crippen LogP contribution in [0.3, 0.4) is 0 Å². The number of nitrogens with one attached hydrogen (secondary N) is 1. The van der Waals surface area contributed by atoms with Gasteiger partial charge in [-0.15, -0.1) is 11.6 Å². The smallest absolute Gasteiger partial charge is 0.234 e. The molecule has 0 aromatic heterocycles. The lowest BCUT2D eigenvalue weighted by Crippen LogP contribution is -2.51. The Hall–Kier alpha value is -1.02. The zero-order valence-electron chi connectivity index (χ0n) is 14.6. The molecule has 26 heavy (non-hydrogen) atoms. The number of hydrogen-bond acceptors (Lipinski definition) is 5. The van der Waals surface area contributed by atoms with Gasteiger partial charge in [0.25, 0.3) is 0 Å². The van der Waals surface area contributed by atoms with Crippen molar-refractivity contribution in [3.63, 3.8) is 0 Å². The van der Waals surface area contributed by atoms with E-state index < -0.39 is 21.3 Å². The predicted molar refractivity (Wildman–Crippen MR) is 105 cm³/mol. The molecule has 0 radical (unpaired) electrons. The van der Waals surface area contributed by atoms with E-state index in [-0.39, 0.29) is 24.0 Å². The highest BCUT2D eigenvalue weighted by Gasteiger charge is 2.37. The van der Waals surface area contributed by atoms with E-state index in [1.165, 1.54) is 5.56 Å². The fourth-order valence-corrected chi connectivity index (χ4v) is 6.18. The van der Waals surface area contributed by atoms with E-state index >= 15 is 0 Å². The molecule has 2 saturated heterocycles. The van der Waals surface area contributed by atoms with Crippen LogP contribution < -0.4 is 10.2 Å². The van der Waals surface area contributed by atoms with Crippen molar-refractivity contribution in [1.82, 2.24) is 10.2 Å². The van der Waals surface area contributed by atoms with E-state index in [1.807, 2.05) is 18.2 Å². The number of hydrogen-bond donors (Lipinski definition) is 1. The van der Waals surface area contributed by atoms with Crippen LogP contribution in [0.2, 0.25) is 5.02 Å². The molecule has 0 unspecified atom stereocenters. The van der Waals surface area contributed by atoms with Crippen LogP contribution in [0.4, 0.5) is 5.69 Å². The van der Waals surface area contributed by atoms with Gasteiger partial charge in [-0.1, -0.05) is 17.7 Å². The molecule has 0 aliphatic carbocycles. The summed E-state index contributed by atoms with van der Waals surface area (Å²) in [5.41, 5.74) is 2.30. The quantitative estimate of drug-likeness (QED) is 0.744. The summed E-state index contributed by atoms with van der Waals surface area (Å²) in [6.45, 7) is 5.44. The second-order valence-corrected chi connectivity index (χ2v) is 10.1. The van der Waals surface area contributed by atoms with Crippen molar-refractivity contribution >= 4 is 44.6 Å². The summed E-state index contributed by atoms with van der Waals surface area (Å²) < 4.78 is 23.2. The van der Waals surface area contributed by atoms with Crippen molar-refractivity contribution in [2.45, 2.75) is 18.3 Å². The predicted octanol–water partition coefficient (Wildman–Crippen LogP) is 1.29. The number of anilines is 1. The SMILES string of the molecule is Cc1ccc(Cl)cc1N1CCN(CC(=O)N[C@@H]2CS(=O)(=O)C[C@@H]2Cl)CC1. The zero-order valence-corrected chi connectivity index (χ0v) is 16.9. The Labute approximate surface area is 164 Å². The van der Waals surface area contributed by atoms with Crippen molar-refractivity contribution in [2.24, 2.45) is 0 Å². The summed E-state index contributed by atoms with van der Waals surface area (Å²) in [5, 5.41) is 2.94. The van der Waals surface area contributed by atoms with E-state index in [0.29, 0.717) is 0 Å². The van der Waals surface area contributed by atoms with Crippen LogP contribution in [0, 0.1) is 6.92 Å². The molecule has 0 spiro atoms. The highest BCUT2D eigenvalue weighted by molar-refractivity contribution is 7.91. The van der Waals surface area contributed by atoms with Crippen molar-refractivity contribution in [3.8, 4) is 0 Å². The Bertz CT molecular complexity index is 779. The molecule has 144 valence electrons. The number of halogens is 2. The highest BCUT2D eigenvalue weighted by Crippen LogP contribution is 2.25. The Morgan fingerprint density at radius 1 is 1.23 bits per heavy atom. The Morgan fingerprint density at radius 3 is 2.54 bits per heavy atom. The molecule has 2 aliphatic heterocycles. The van der Waals surface area contributed by atoms with Crippen LogP contribution in [0.15, 0.2) is 18.2 Å². The van der Waals surface area contributed by atoms with Crippen LogP contribution in [0.5, 0.6) is 0 Å². The molecular formula is C17H23Cl2N3O3S. The lowest BCUT2D eigenvalue weighted by molar-refractivity contribution is -0.122. The first-order chi connectivity index (χ1) is 12.2. The first-order valence-electron chi connectivity index (χ1n) is 8.61. The lowest BCUT2D eigenvalue weighted by atomic mass is 10.1. The molecule has 0 bridgehead atoms. The van der Waals surface area contributed by atoms with Crippen LogP contribution in [0.1, 0.15) is 5.56 Å². The van der Waals surface area contributed by atoms with Gasteiger partial charge in [-0.2, -0.15) is 0 Å². The Morgan fingerprint density at radius 2 is 1.92 bits per heavy atom. The first-order valence-corrected chi connectivity index (χ1v) is 11.2. The summed E-state index contributed by atoms with van der Waals surface area (Å²) in [6, 6.07) is 5.37. The van der Waals surface area contributed by atoms with Crippen LogP contribution in [-0.4, -0.2) is 74.9 Å². The van der Waals surface area contributed by atoms with Gasteiger partial charge in [-0.05, 0) is 24.6 Å². The van der Waals surface area contributed by atoms with E-state index in [4.69, 9.17) is 23.2 Å². The second kappa shape index (κ2) is 7.92. The largest absolute Gasteiger partial charge is 0.369 e. The normalized spacial score (nSPS) is 26.0. The standard InChI is InChI=1S/C17H23Cl2N3O3S/c1-12-2-3-13(18)8-16(12)22-6-4-21(5-7-22)9-17(23)20-15-11-26(24,25)10-14(15)19/h2-3,8,14-15H,4-7,9-11H2,1H3,(H,20,23)/t14-,15+/m0/s1. The summed E-state index contributed by atoms with van der Waals surface area (Å²) in [5.74, 6) is -0.323. The molecule has 2 fully saturated rings. The van der Waals surface area contributed by atoms with Gasteiger partial charge in [0.05, 0.1) is 29.5 Å². The molecule has 2 aliphatic rings. The molecule has 1 aromatic carbocycles. The minimum atomic E-state index is -3.15. The summed E-state index contributed by atoms with van der Waals surface area (Å²) in [4.78, 5) is 16.6. The molecule has 1 amide bonds. The van der Waals surface area contributed by atoms with E-state index in [9.17, 15) is 13.2 Å². The average molecular weight is 420 g/mol. The summed E-state index contributed by atoms with van der Waals surface area (Å²) >= 11 is 12.1. The number of rotatable bonds is 4. The van der Waals surface area contributed by atoms with E-state index in [2.05, 4.69) is 22.0 Å². The van der Waals surface area contributed by atoms with Crippen molar-refractivity contribution in [3.05, 3.63) is 28.8 Å². The molecule has 6 nitrogen and oxygen atoms in total. The molecule has 0 saturated carbocycles. The third kappa shape index (κ3) is 4.82. The number of alkyl halides is 1. The average Bonchev–Trinajstić information content (AvgIpc) is 2.82. The van der Waals surface area contributed by atoms with Crippen molar-refractivity contribution in [2.75, 3.05) is 49.1 Å². The number of sulfone groups is 1. The third-order valence-electron chi connectivity index (χ3n) is 4.88. The minimum Gasteiger partial charge on any atom is -0.369 e. The molecule has 1 N–H and O–H groups in total. The molecule has 2 atom stereocenters. The molecule has 9 heteroatoms. The second-order valence-electron chi connectivity index (χ2n) is 6.96. The molecule has 3 rings (SSSR count). The highest BCUT2D eigenvalue weighted by atomic mass is 35.5. The maximum atomic E-state index is 12.2. The number of aryl methyl sites for hydroxylation is 1. The summed E-state index contributed by atoms with van der Waals surface area (Å²) in [6.07, 6.45) is 0. The number of benzene rings is 1. The van der Waals surface area contributed by atoms with Crippen molar-refractivity contribution < 1.29 is 13.2 Å². The maximum Gasteiger partial charge on any atom is 0.234 e. The minimum absolute atomic E-state index is 0.0723. The first kappa shape index (κ1) is 19.7. The van der Waals surface area contributed by atoms with Gasteiger partial charge < -0.3 is 10.2 Å². The van der Waals surface area contributed by atoms with Gasteiger partial charge >= 0.3 is 0 Å². The van der Waals surface area contributed by atoms with Gasteiger partial charge in [0, 0.05) is 36.9 Å². The van der Waals surface area contributed by atoms with Crippen LogP contribution in [0.25, 0.3) is 0 Å². The number of nitrogens with zero attached hydrogens (tertiary/aromatic N) is 2. The molecule has 2 heterocycles. The lowest BCUT2D eigenvalue weighted by Gasteiger charge is -2.36. The van der Waals surface area contributed by atoms with E-state index in [1.54, 1.807) is 0 Å². The number of carbonyl (C=O) groups is 1. The van der Waals surface area contributed by atoms with Gasteiger partial charge in [0.1, 0.15) is 0 Å². The number of piperazine rings is 1. The number of amides is 1. The van der Waals surface area contributed by atoms with Crippen molar-refractivity contribution in [1.29, 1.82) is 0 Å². The fraction of sp³-hybridized carbons (Fsp3) is 0.588. The molecular weight excluding hydrogens is 397 g/mol. The zero-order chi connectivity index (χ0) is 18.9.